The number of nitrogens with one attached hydrogen (secondary N) is 1. The maximum absolute atomic E-state index is 13.3. The van der Waals surface area contributed by atoms with Crippen LogP contribution in [0.3, 0.4) is 0 Å². The Hall–Kier alpha value is -3.79. The first-order valence-corrected chi connectivity index (χ1v) is 10.8. The molecule has 170 valence electrons. The highest BCUT2D eigenvalue weighted by Crippen LogP contribution is 2.31. The van der Waals surface area contributed by atoms with Gasteiger partial charge in [-0.3, -0.25) is 0 Å². The molecular formula is C23H24FN7O2. The zero-order valence-corrected chi connectivity index (χ0v) is 18.1. The summed E-state index contributed by atoms with van der Waals surface area (Å²) in [6, 6.07) is 9.99. The second-order valence-corrected chi connectivity index (χ2v) is 8.03. The van der Waals surface area contributed by atoms with E-state index in [1.807, 2.05) is 6.92 Å². The summed E-state index contributed by atoms with van der Waals surface area (Å²) in [6.07, 6.45) is 4.39. The van der Waals surface area contributed by atoms with Crippen LogP contribution in [0.1, 0.15) is 24.9 Å². The van der Waals surface area contributed by atoms with Crippen LogP contribution in [0.15, 0.2) is 48.8 Å². The molecule has 5 rings (SSSR count). The van der Waals surface area contributed by atoms with Crippen LogP contribution in [0.4, 0.5) is 16.0 Å². The van der Waals surface area contributed by atoms with Gasteiger partial charge in [-0.2, -0.15) is 9.97 Å². The Labute approximate surface area is 189 Å². The highest BCUT2D eigenvalue weighted by Gasteiger charge is 2.20. The van der Waals surface area contributed by atoms with Crippen molar-refractivity contribution < 1.29 is 13.9 Å². The molecule has 4 heterocycles. The van der Waals surface area contributed by atoms with Crippen molar-refractivity contribution in [3.05, 3.63) is 60.2 Å². The van der Waals surface area contributed by atoms with E-state index in [0.29, 0.717) is 47.7 Å². The number of ether oxygens (including phenoxy) is 2. The highest BCUT2D eigenvalue weighted by atomic mass is 19.1. The Morgan fingerprint density at radius 2 is 2.15 bits per heavy atom. The zero-order chi connectivity index (χ0) is 22.8. The summed E-state index contributed by atoms with van der Waals surface area (Å²) in [7, 11) is 0. The van der Waals surface area contributed by atoms with E-state index in [1.165, 1.54) is 12.1 Å². The van der Waals surface area contributed by atoms with Gasteiger partial charge in [0, 0.05) is 37.0 Å². The van der Waals surface area contributed by atoms with Crippen molar-refractivity contribution >= 4 is 17.3 Å². The lowest BCUT2D eigenvalue weighted by molar-refractivity contribution is 0.163. The molecule has 1 aromatic carbocycles. The standard InChI is InChI=1S/C23H24FN7O2/c1-14(16-3-5-17(24)6-4-16)27-19-11-18(20-21(25)30-31-9-2-8-26-22(20)31)28-23(29-19)33-13-15-7-10-32-12-15/h2-6,8-9,11,14-15H,7,10,12-13H2,1H3,(H2,25,30)(H,27,28,29)/t14-,15?/m0/s1. The second kappa shape index (κ2) is 8.99. The van der Waals surface area contributed by atoms with Crippen molar-refractivity contribution in [2.24, 2.45) is 5.92 Å². The maximum Gasteiger partial charge on any atom is 0.318 e. The number of rotatable bonds is 7. The largest absolute Gasteiger partial charge is 0.463 e. The molecule has 1 saturated heterocycles. The van der Waals surface area contributed by atoms with Gasteiger partial charge in [-0.25, -0.2) is 13.9 Å². The van der Waals surface area contributed by atoms with E-state index in [1.54, 1.807) is 41.2 Å². The molecule has 4 aromatic rings. The van der Waals surface area contributed by atoms with Crippen LogP contribution in [0.5, 0.6) is 6.01 Å². The summed E-state index contributed by atoms with van der Waals surface area (Å²) in [5, 5.41) is 7.68. The normalized spacial score (nSPS) is 16.7. The minimum Gasteiger partial charge on any atom is -0.463 e. The van der Waals surface area contributed by atoms with E-state index in [2.05, 4.69) is 25.4 Å². The van der Waals surface area contributed by atoms with E-state index < -0.39 is 0 Å². The Morgan fingerprint density at radius 1 is 1.30 bits per heavy atom. The monoisotopic (exact) mass is 449 g/mol. The van der Waals surface area contributed by atoms with Crippen LogP contribution in [0.25, 0.3) is 16.9 Å². The molecule has 0 radical (unpaired) electrons. The predicted octanol–water partition coefficient (Wildman–Crippen LogP) is 3.50. The van der Waals surface area contributed by atoms with Crippen LogP contribution in [0, 0.1) is 11.7 Å². The number of hydrogen-bond donors (Lipinski definition) is 2. The molecule has 0 spiro atoms. The molecule has 0 amide bonds. The van der Waals surface area contributed by atoms with Gasteiger partial charge in [0.1, 0.15) is 11.6 Å². The van der Waals surface area contributed by atoms with Crippen LogP contribution in [0.2, 0.25) is 0 Å². The number of anilines is 2. The molecule has 1 unspecified atom stereocenters. The third kappa shape index (κ3) is 4.56. The van der Waals surface area contributed by atoms with Crippen molar-refractivity contribution in [2.75, 3.05) is 30.9 Å². The Bertz CT molecular complexity index is 1260. The summed E-state index contributed by atoms with van der Waals surface area (Å²) in [5.41, 5.74) is 8.87. The number of benzene rings is 1. The molecule has 0 bridgehead atoms. The summed E-state index contributed by atoms with van der Waals surface area (Å²) in [4.78, 5) is 13.6. The van der Waals surface area contributed by atoms with Gasteiger partial charge in [0.25, 0.3) is 0 Å². The molecule has 3 aromatic heterocycles. The first-order valence-electron chi connectivity index (χ1n) is 10.8. The first kappa shape index (κ1) is 21.1. The molecule has 1 aliphatic rings. The maximum atomic E-state index is 13.3. The third-order valence-corrected chi connectivity index (χ3v) is 5.59. The Kier molecular flexibility index (Phi) is 5.74. The van der Waals surface area contributed by atoms with Gasteiger partial charge >= 0.3 is 6.01 Å². The molecule has 2 atom stereocenters. The zero-order valence-electron chi connectivity index (χ0n) is 18.1. The van der Waals surface area contributed by atoms with Gasteiger partial charge in [0.2, 0.25) is 0 Å². The van der Waals surface area contributed by atoms with E-state index >= 15 is 0 Å². The van der Waals surface area contributed by atoms with Crippen LogP contribution in [-0.2, 0) is 4.74 Å². The van der Waals surface area contributed by atoms with Crippen LogP contribution in [-0.4, -0.2) is 44.4 Å². The number of aromatic nitrogens is 5. The van der Waals surface area contributed by atoms with Crippen molar-refractivity contribution in [1.82, 2.24) is 24.6 Å². The van der Waals surface area contributed by atoms with Crippen molar-refractivity contribution in [3.8, 4) is 17.3 Å². The third-order valence-electron chi connectivity index (χ3n) is 5.59. The first-order chi connectivity index (χ1) is 16.1. The van der Waals surface area contributed by atoms with Crippen molar-refractivity contribution in [2.45, 2.75) is 19.4 Å². The molecule has 1 fully saturated rings. The highest BCUT2D eigenvalue weighted by molar-refractivity contribution is 5.85. The van der Waals surface area contributed by atoms with Gasteiger partial charge in [0.15, 0.2) is 11.5 Å². The molecular weight excluding hydrogens is 425 g/mol. The molecule has 3 N–H and O–H groups in total. The van der Waals surface area contributed by atoms with Crippen molar-refractivity contribution in [3.63, 3.8) is 0 Å². The lowest BCUT2D eigenvalue weighted by Crippen LogP contribution is -2.14. The van der Waals surface area contributed by atoms with E-state index in [9.17, 15) is 4.39 Å². The number of hydrogen-bond acceptors (Lipinski definition) is 8. The minimum absolute atomic E-state index is 0.135. The Morgan fingerprint density at radius 3 is 2.94 bits per heavy atom. The number of halogens is 1. The second-order valence-electron chi connectivity index (χ2n) is 8.03. The van der Waals surface area contributed by atoms with Crippen molar-refractivity contribution in [1.29, 1.82) is 0 Å². The average Bonchev–Trinajstić information content (AvgIpc) is 3.44. The molecule has 0 aliphatic carbocycles. The SMILES string of the molecule is C[C@H](Nc1cc(-c2c(N)nn3cccnc23)nc(OCC2CCOC2)n1)c1ccc(F)cc1. The Balaban J connectivity index is 1.49. The lowest BCUT2D eigenvalue weighted by Gasteiger charge is -2.17. The van der Waals surface area contributed by atoms with Gasteiger partial charge < -0.3 is 20.5 Å². The summed E-state index contributed by atoms with van der Waals surface area (Å²) < 4.78 is 26.3. The summed E-state index contributed by atoms with van der Waals surface area (Å²) in [5.74, 6) is 0.873. The molecule has 0 saturated carbocycles. The average molecular weight is 449 g/mol. The van der Waals surface area contributed by atoms with E-state index in [0.717, 1.165) is 18.6 Å². The topological polar surface area (TPSA) is 112 Å². The van der Waals surface area contributed by atoms with E-state index in [4.69, 9.17) is 15.2 Å². The fourth-order valence-corrected chi connectivity index (χ4v) is 3.81. The van der Waals surface area contributed by atoms with Crippen LogP contribution >= 0.6 is 0 Å². The fourth-order valence-electron chi connectivity index (χ4n) is 3.81. The number of nitrogens with zero attached hydrogens (tertiary/aromatic N) is 5. The quantitative estimate of drug-likeness (QED) is 0.441. The van der Waals surface area contributed by atoms with Gasteiger partial charge in [0.05, 0.1) is 24.5 Å². The molecule has 9 nitrogen and oxygen atoms in total. The fraction of sp³-hybridized carbons (Fsp3) is 0.304. The molecule has 33 heavy (non-hydrogen) atoms. The van der Waals surface area contributed by atoms with E-state index in [-0.39, 0.29) is 17.9 Å². The summed E-state index contributed by atoms with van der Waals surface area (Å²) >= 11 is 0. The smallest absolute Gasteiger partial charge is 0.318 e. The predicted molar refractivity (Wildman–Crippen MR) is 121 cm³/mol. The summed E-state index contributed by atoms with van der Waals surface area (Å²) in [6.45, 7) is 3.83. The van der Waals surface area contributed by atoms with Gasteiger partial charge in [-0.15, -0.1) is 5.10 Å². The molecule has 1 aliphatic heterocycles. The van der Waals surface area contributed by atoms with Crippen LogP contribution < -0.4 is 15.8 Å². The molecule has 10 heteroatoms. The van der Waals surface area contributed by atoms with Gasteiger partial charge in [-0.05, 0) is 37.1 Å². The number of nitrogen functional groups attached to an aromatic ring is 1. The lowest BCUT2D eigenvalue weighted by atomic mass is 10.1. The minimum atomic E-state index is -0.280. The van der Waals surface area contributed by atoms with Gasteiger partial charge in [-0.1, -0.05) is 12.1 Å². The number of fused-ring (bicyclic) bond motifs is 1. The number of nitrogens with two attached hydrogens (primary N) is 1.